The van der Waals surface area contributed by atoms with Crippen LogP contribution in [0.3, 0.4) is 0 Å². The van der Waals surface area contributed by atoms with Crippen molar-refractivity contribution >= 4 is 11.8 Å². The van der Waals surface area contributed by atoms with E-state index in [4.69, 9.17) is 14.2 Å². The van der Waals surface area contributed by atoms with Gasteiger partial charge in [0.05, 0.1) is 13.7 Å². The minimum atomic E-state index is -0.280. The van der Waals surface area contributed by atoms with Crippen molar-refractivity contribution in [2.75, 3.05) is 19.5 Å². The van der Waals surface area contributed by atoms with Crippen molar-refractivity contribution in [3.05, 3.63) is 90.3 Å². The number of thioether (sulfide) groups is 1. The van der Waals surface area contributed by atoms with Gasteiger partial charge in [0, 0.05) is 11.4 Å². The summed E-state index contributed by atoms with van der Waals surface area (Å²) < 4.78 is 19.4. The summed E-state index contributed by atoms with van der Waals surface area (Å²) in [6.45, 7) is 6.91. The monoisotopic (exact) mass is 489 g/mol. The SMILES string of the molecule is COc1ccc(OCCSc2nnc(C(C)Oc3ccc(C(C)C)cc3)n2-c2ccccc2)cc1. The summed E-state index contributed by atoms with van der Waals surface area (Å²) in [6, 6.07) is 26.0. The van der Waals surface area contributed by atoms with Crippen LogP contribution < -0.4 is 14.2 Å². The predicted octanol–water partition coefficient (Wildman–Crippen LogP) is 6.71. The van der Waals surface area contributed by atoms with Crippen molar-refractivity contribution in [3.8, 4) is 22.9 Å². The van der Waals surface area contributed by atoms with Gasteiger partial charge in [0.15, 0.2) is 17.1 Å². The molecule has 35 heavy (non-hydrogen) atoms. The highest BCUT2D eigenvalue weighted by atomic mass is 32.2. The third-order valence-electron chi connectivity index (χ3n) is 5.54. The highest BCUT2D eigenvalue weighted by molar-refractivity contribution is 7.99. The second-order valence-corrected chi connectivity index (χ2v) is 9.43. The van der Waals surface area contributed by atoms with Gasteiger partial charge < -0.3 is 14.2 Å². The van der Waals surface area contributed by atoms with Gasteiger partial charge in [-0.1, -0.05) is 55.9 Å². The van der Waals surface area contributed by atoms with E-state index < -0.39 is 0 Å². The zero-order valence-corrected chi connectivity index (χ0v) is 21.4. The molecule has 0 N–H and O–H groups in total. The lowest BCUT2D eigenvalue weighted by Crippen LogP contribution is -2.12. The molecule has 1 heterocycles. The van der Waals surface area contributed by atoms with E-state index in [1.54, 1.807) is 18.9 Å². The van der Waals surface area contributed by atoms with Gasteiger partial charge in [-0.25, -0.2) is 0 Å². The molecule has 6 nitrogen and oxygen atoms in total. The number of rotatable bonds is 11. The molecule has 0 aliphatic carbocycles. The maximum atomic E-state index is 6.25. The summed E-state index contributed by atoms with van der Waals surface area (Å²) in [5.41, 5.74) is 2.28. The topological polar surface area (TPSA) is 58.4 Å². The van der Waals surface area contributed by atoms with E-state index in [0.717, 1.165) is 39.7 Å². The molecule has 0 radical (unpaired) electrons. The number of hydrogen-bond acceptors (Lipinski definition) is 6. The van der Waals surface area contributed by atoms with Gasteiger partial charge in [-0.15, -0.1) is 10.2 Å². The fraction of sp³-hybridized carbons (Fsp3) is 0.286. The molecule has 4 aromatic rings. The van der Waals surface area contributed by atoms with Crippen LogP contribution >= 0.6 is 11.8 Å². The number of ether oxygens (including phenoxy) is 3. The summed E-state index contributed by atoms with van der Waals surface area (Å²) in [5, 5.41) is 9.79. The lowest BCUT2D eigenvalue weighted by atomic mass is 10.0. The lowest BCUT2D eigenvalue weighted by molar-refractivity contribution is 0.213. The van der Waals surface area contributed by atoms with Crippen LogP contribution in [0.2, 0.25) is 0 Å². The predicted molar refractivity (Wildman–Crippen MR) is 140 cm³/mol. The van der Waals surface area contributed by atoms with E-state index >= 15 is 0 Å². The zero-order chi connectivity index (χ0) is 24.6. The Morgan fingerprint density at radius 2 is 1.46 bits per heavy atom. The van der Waals surface area contributed by atoms with Crippen LogP contribution in [0.1, 0.15) is 44.2 Å². The molecule has 0 saturated heterocycles. The molecule has 0 aliphatic rings. The Bertz CT molecular complexity index is 1190. The first-order valence-corrected chi connectivity index (χ1v) is 12.7. The Labute approximate surface area is 211 Å². The Morgan fingerprint density at radius 3 is 2.11 bits per heavy atom. The normalized spacial score (nSPS) is 11.9. The quantitative estimate of drug-likeness (QED) is 0.172. The van der Waals surface area contributed by atoms with E-state index in [1.807, 2.05) is 61.5 Å². The Hall–Kier alpha value is -3.45. The Morgan fingerprint density at radius 1 is 0.800 bits per heavy atom. The third kappa shape index (κ3) is 6.36. The maximum Gasteiger partial charge on any atom is 0.196 e. The standard InChI is InChI=1S/C28H31N3O3S/c1-20(2)22-10-12-26(13-11-22)34-21(3)27-29-30-28(31(27)23-8-6-5-7-9-23)35-19-18-33-25-16-14-24(32-4)15-17-25/h5-17,20-21H,18-19H2,1-4H3. The van der Waals surface area contributed by atoms with Crippen molar-refractivity contribution in [2.24, 2.45) is 0 Å². The molecule has 0 bridgehead atoms. The summed E-state index contributed by atoms with van der Waals surface area (Å²) in [6.07, 6.45) is -0.280. The van der Waals surface area contributed by atoms with Crippen molar-refractivity contribution in [3.63, 3.8) is 0 Å². The van der Waals surface area contributed by atoms with Gasteiger partial charge in [-0.3, -0.25) is 4.57 Å². The van der Waals surface area contributed by atoms with Gasteiger partial charge in [0.2, 0.25) is 0 Å². The molecule has 0 amide bonds. The van der Waals surface area contributed by atoms with Gasteiger partial charge in [-0.2, -0.15) is 0 Å². The number of benzene rings is 3. The average Bonchev–Trinajstić information content (AvgIpc) is 3.32. The van der Waals surface area contributed by atoms with Gasteiger partial charge in [0.1, 0.15) is 17.2 Å². The molecule has 1 atom stereocenters. The summed E-state index contributed by atoms with van der Waals surface area (Å²) in [4.78, 5) is 0. The van der Waals surface area contributed by atoms with Gasteiger partial charge in [-0.05, 0) is 66.9 Å². The fourth-order valence-electron chi connectivity index (χ4n) is 3.61. The third-order valence-corrected chi connectivity index (χ3v) is 6.43. The second kappa shape index (κ2) is 11.8. The minimum Gasteiger partial charge on any atom is -0.497 e. The molecule has 0 spiro atoms. The molecule has 0 saturated carbocycles. The molecule has 182 valence electrons. The molecular weight excluding hydrogens is 458 g/mol. The first kappa shape index (κ1) is 24.7. The first-order valence-electron chi connectivity index (χ1n) is 11.7. The van der Waals surface area contributed by atoms with E-state index in [-0.39, 0.29) is 6.10 Å². The largest absolute Gasteiger partial charge is 0.497 e. The maximum absolute atomic E-state index is 6.25. The van der Waals surface area contributed by atoms with Crippen molar-refractivity contribution in [1.29, 1.82) is 0 Å². The van der Waals surface area contributed by atoms with Crippen LogP contribution in [-0.2, 0) is 0 Å². The highest BCUT2D eigenvalue weighted by Gasteiger charge is 2.21. The summed E-state index contributed by atoms with van der Waals surface area (Å²) in [7, 11) is 1.65. The van der Waals surface area contributed by atoms with E-state index in [1.165, 1.54) is 5.56 Å². The van der Waals surface area contributed by atoms with Crippen LogP contribution in [0.5, 0.6) is 17.2 Å². The van der Waals surface area contributed by atoms with Crippen LogP contribution in [0.15, 0.2) is 84.0 Å². The smallest absolute Gasteiger partial charge is 0.196 e. The van der Waals surface area contributed by atoms with Crippen molar-refractivity contribution in [1.82, 2.24) is 14.8 Å². The van der Waals surface area contributed by atoms with E-state index in [9.17, 15) is 0 Å². The van der Waals surface area contributed by atoms with Crippen molar-refractivity contribution in [2.45, 2.75) is 37.9 Å². The zero-order valence-electron chi connectivity index (χ0n) is 20.5. The highest BCUT2D eigenvalue weighted by Crippen LogP contribution is 2.29. The first-order chi connectivity index (χ1) is 17.0. The van der Waals surface area contributed by atoms with Crippen LogP contribution in [0.25, 0.3) is 5.69 Å². The summed E-state index contributed by atoms with van der Waals surface area (Å²) >= 11 is 1.60. The number of nitrogens with zero attached hydrogens (tertiary/aromatic N) is 3. The average molecular weight is 490 g/mol. The summed E-state index contributed by atoms with van der Waals surface area (Å²) in [5.74, 6) is 4.39. The van der Waals surface area contributed by atoms with E-state index in [2.05, 4.69) is 52.9 Å². The molecule has 1 aromatic heterocycles. The number of hydrogen-bond donors (Lipinski definition) is 0. The van der Waals surface area contributed by atoms with Gasteiger partial charge in [0.25, 0.3) is 0 Å². The molecular formula is C28H31N3O3S. The van der Waals surface area contributed by atoms with Gasteiger partial charge >= 0.3 is 0 Å². The molecule has 0 aliphatic heterocycles. The van der Waals surface area contributed by atoms with Crippen LogP contribution in [-0.4, -0.2) is 34.2 Å². The minimum absolute atomic E-state index is 0.280. The molecule has 0 fully saturated rings. The fourth-order valence-corrected chi connectivity index (χ4v) is 4.39. The van der Waals surface area contributed by atoms with Crippen molar-refractivity contribution < 1.29 is 14.2 Å². The lowest BCUT2D eigenvalue weighted by Gasteiger charge is -2.17. The second-order valence-electron chi connectivity index (χ2n) is 8.37. The van der Waals surface area contributed by atoms with E-state index in [0.29, 0.717) is 12.5 Å². The van der Waals surface area contributed by atoms with Crippen LogP contribution in [0.4, 0.5) is 0 Å². The Balaban J connectivity index is 1.46. The molecule has 3 aromatic carbocycles. The number of aromatic nitrogens is 3. The molecule has 7 heteroatoms. The van der Waals surface area contributed by atoms with Crippen LogP contribution in [0, 0.1) is 0 Å². The molecule has 4 rings (SSSR count). The number of para-hydroxylation sites is 1. The Kier molecular flexibility index (Phi) is 8.32. The number of methoxy groups -OCH3 is 1. The molecule has 1 unspecified atom stereocenters.